The molecule has 8 heteroatoms. The standard InChI is InChI=1S/C11H11N7O/c1-7-14-9(5-10-16-17-11(19)18(7)10)12-6-8-3-2-4-13-15-8/h2-5,12H,6H2,1H3,(H,17,19). The number of hydrogen-bond donors (Lipinski definition) is 2. The van der Waals surface area contributed by atoms with Gasteiger partial charge in [-0.05, 0) is 19.1 Å². The summed E-state index contributed by atoms with van der Waals surface area (Å²) in [6.45, 7) is 2.25. The van der Waals surface area contributed by atoms with Crippen LogP contribution in [0.3, 0.4) is 0 Å². The molecular formula is C11H11N7O. The fourth-order valence-electron chi connectivity index (χ4n) is 1.80. The first-order valence-electron chi connectivity index (χ1n) is 5.69. The quantitative estimate of drug-likeness (QED) is 0.691. The summed E-state index contributed by atoms with van der Waals surface area (Å²) < 4.78 is 1.41. The van der Waals surface area contributed by atoms with E-state index in [1.54, 1.807) is 19.2 Å². The van der Waals surface area contributed by atoms with E-state index in [1.807, 2.05) is 12.1 Å². The molecule has 0 aliphatic carbocycles. The van der Waals surface area contributed by atoms with Gasteiger partial charge in [0.15, 0.2) is 5.65 Å². The fourth-order valence-corrected chi connectivity index (χ4v) is 1.80. The summed E-state index contributed by atoms with van der Waals surface area (Å²) in [4.78, 5) is 15.7. The summed E-state index contributed by atoms with van der Waals surface area (Å²) in [5.74, 6) is 1.20. The molecule has 3 aromatic rings. The second-order valence-electron chi connectivity index (χ2n) is 3.98. The lowest BCUT2D eigenvalue weighted by Gasteiger charge is -2.06. The van der Waals surface area contributed by atoms with Crippen LogP contribution < -0.4 is 11.0 Å². The van der Waals surface area contributed by atoms with Crippen LogP contribution in [0.15, 0.2) is 29.2 Å². The topological polar surface area (TPSA) is 101 Å². The van der Waals surface area contributed by atoms with Gasteiger partial charge in [-0.2, -0.15) is 15.3 Å². The van der Waals surface area contributed by atoms with Gasteiger partial charge >= 0.3 is 5.69 Å². The SMILES string of the molecule is Cc1nc(NCc2cccnn2)cc2n[nH]c(=O)n12. The molecule has 0 aliphatic heterocycles. The molecule has 0 aliphatic rings. The third kappa shape index (κ3) is 2.15. The van der Waals surface area contributed by atoms with Crippen LogP contribution in [0.25, 0.3) is 5.65 Å². The van der Waals surface area contributed by atoms with Crippen molar-refractivity contribution in [3.8, 4) is 0 Å². The third-order valence-electron chi connectivity index (χ3n) is 2.65. The van der Waals surface area contributed by atoms with Crippen LogP contribution in [-0.4, -0.2) is 29.8 Å². The van der Waals surface area contributed by atoms with Crippen molar-refractivity contribution < 1.29 is 0 Å². The Bertz CT molecular complexity index is 762. The van der Waals surface area contributed by atoms with Crippen molar-refractivity contribution in [2.45, 2.75) is 13.5 Å². The first-order valence-corrected chi connectivity index (χ1v) is 5.69. The number of aromatic nitrogens is 6. The number of hydrogen-bond acceptors (Lipinski definition) is 6. The molecule has 0 radical (unpaired) electrons. The van der Waals surface area contributed by atoms with Gasteiger partial charge in [-0.1, -0.05) is 0 Å². The van der Waals surface area contributed by atoms with Gasteiger partial charge in [0.05, 0.1) is 12.2 Å². The fraction of sp³-hybridized carbons (Fsp3) is 0.182. The molecule has 0 fully saturated rings. The van der Waals surface area contributed by atoms with E-state index < -0.39 is 0 Å². The van der Waals surface area contributed by atoms with Gasteiger partial charge in [0.2, 0.25) is 0 Å². The van der Waals surface area contributed by atoms with E-state index in [0.29, 0.717) is 23.8 Å². The monoisotopic (exact) mass is 257 g/mol. The number of rotatable bonds is 3. The van der Waals surface area contributed by atoms with E-state index in [4.69, 9.17) is 0 Å². The largest absolute Gasteiger partial charge is 0.364 e. The summed E-state index contributed by atoms with van der Waals surface area (Å²) in [5.41, 5.74) is 1.04. The highest BCUT2D eigenvalue weighted by Crippen LogP contribution is 2.08. The van der Waals surface area contributed by atoms with Crippen molar-refractivity contribution in [3.05, 3.63) is 46.4 Å². The van der Waals surface area contributed by atoms with Gasteiger partial charge in [0, 0.05) is 12.3 Å². The third-order valence-corrected chi connectivity index (χ3v) is 2.65. The minimum atomic E-state index is -0.291. The van der Waals surface area contributed by atoms with E-state index in [0.717, 1.165) is 5.69 Å². The van der Waals surface area contributed by atoms with Crippen molar-refractivity contribution in [1.82, 2.24) is 29.8 Å². The van der Waals surface area contributed by atoms with Crippen LogP contribution >= 0.6 is 0 Å². The lowest BCUT2D eigenvalue weighted by molar-refractivity contribution is 0.904. The summed E-state index contributed by atoms with van der Waals surface area (Å²) in [6, 6.07) is 5.38. The van der Waals surface area contributed by atoms with E-state index in [9.17, 15) is 4.79 Å². The molecular weight excluding hydrogens is 246 g/mol. The molecule has 0 saturated heterocycles. The zero-order chi connectivity index (χ0) is 13.2. The number of nitrogens with one attached hydrogen (secondary N) is 2. The number of fused-ring (bicyclic) bond motifs is 1. The molecule has 0 bridgehead atoms. The van der Waals surface area contributed by atoms with E-state index in [1.165, 1.54) is 4.40 Å². The molecule has 0 amide bonds. The number of aryl methyl sites for hydroxylation is 1. The second kappa shape index (κ2) is 4.48. The Labute approximate surface area is 107 Å². The minimum absolute atomic E-state index is 0.291. The molecule has 0 spiro atoms. The minimum Gasteiger partial charge on any atom is -0.364 e. The molecule has 3 rings (SSSR count). The smallest absolute Gasteiger partial charge is 0.349 e. The molecule has 3 heterocycles. The summed E-state index contributed by atoms with van der Waals surface area (Å²) in [7, 11) is 0. The van der Waals surface area contributed by atoms with Crippen molar-refractivity contribution in [3.63, 3.8) is 0 Å². The van der Waals surface area contributed by atoms with Gasteiger partial charge < -0.3 is 5.32 Å². The Kier molecular flexibility index (Phi) is 2.67. The zero-order valence-electron chi connectivity index (χ0n) is 10.2. The van der Waals surface area contributed by atoms with Gasteiger partial charge in [-0.15, -0.1) is 0 Å². The van der Waals surface area contributed by atoms with Gasteiger partial charge in [-0.25, -0.2) is 19.3 Å². The Morgan fingerprint density at radius 2 is 2.37 bits per heavy atom. The molecule has 8 nitrogen and oxygen atoms in total. The number of anilines is 1. The van der Waals surface area contributed by atoms with E-state index in [-0.39, 0.29) is 5.69 Å². The Morgan fingerprint density at radius 3 is 3.16 bits per heavy atom. The van der Waals surface area contributed by atoms with E-state index in [2.05, 4.69) is 30.7 Å². The highest BCUT2D eigenvalue weighted by molar-refractivity contribution is 5.49. The maximum absolute atomic E-state index is 11.5. The summed E-state index contributed by atoms with van der Waals surface area (Å²) in [5, 5.41) is 17.2. The van der Waals surface area contributed by atoms with Crippen LogP contribution in [0.4, 0.5) is 5.82 Å². The zero-order valence-corrected chi connectivity index (χ0v) is 10.2. The maximum Gasteiger partial charge on any atom is 0.349 e. The Hall–Kier alpha value is -2.77. The summed E-state index contributed by atoms with van der Waals surface area (Å²) >= 11 is 0. The van der Waals surface area contributed by atoms with Crippen LogP contribution in [0.1, 0.15) is 11.5 Å². The lowest BCUT2D eigenvalue weighted by Crippen LogP contribution is -2.14. The summed E-state index contributed by atoms with van der Waals surface area (Å²) in [6.07, 6.45) is 1.62. The number of nitrogens with zero attached hydrogens (tertiary/aromatic N) is 5. The predicted molar refractivity (Wildman–Crippen MR) is 67.7 cm³/mol. The second-order valence-corrected chi connectivity index (χ2v) is 3.98. The predicted octanol–water partition coefficient (Wildman–Crippen LogP) is 0.128. The van der Waals surface area contributed by atoms with Crippen molar-refractivity contribution in [2.24, 2.45) is 0 Å². The van der Waals surface area contributed by atoms with Crippen LogP contribution in [0.2, 0.25) is 0 Å². The molecule has 0 saturated carbocycles. The van der Waals surface area contributed by atoms with E-state index >= 15 is 0 Å². The number of aromatic amines is 1. The maximum atomic E-state index is 11.5. The van der Waals surface area contributed by atoms with Crippen LogP contribution in [0.5, 0.6) is 0 Å². The number of H-pyrrole nitrogens is 1. The highest BCUT2D eigenvalue weighted by atomic mass is 16.1. The molecule has 19 heavy (non-hydrogen) atoms. The Balaban J connectivity index is 1.88. The van der Waals surface area contributed by atoms with Crippen LogP contribution in [-0.2, 0) is 6.54 Å². The van der Waals surface area contributed by atoms with Crippen molar-refractivity contribution >= 4 is 11.5 Å². The molecule has 0 unspecified atom stereocenters. The molecule has 0 aromatic carbocycles. The normalized spacial score (nSPS) is 10.8. The highest BCUT2D eigenvalue weighted by Gasteiger charge is 2.06. The first kappa shape index (κ1) is 11.3. The first-order chi connectivity index (χ1) is 9.24. The lowest BCUT2D eigenvalue weighted by atomic mass is 10.4. The van der Waals surface area contributed by atoms with Gasteiger partial charge in [0.25, 0.3) is 0 Å². The van der Waals surface area contributed by atoms with Crippen molar-refractivity contribution in [2.75, 3.05) is 5.32 Å². The van der Waals surface area contributed by atoms with Gasteiger partial charge in [0.1, 0.15) is 11.6 Å². The molecule has 0 atom stereocenters. The molecule has 2 N–H and O–H groups in total. The van der Waals surface area contributed by atoms with Gasteiger partial charge in [-0.3, -0.25) is 0 Å². The molecule has 96 valence electrons. The van der Waals surface area contributed by atoms with Crippen LogP contribution in [0, 0.1) is 6.92 Å². The molecule has 3 aromatic heterocycles. The average Bonchev–Trinajstić information content (AvgIpc) is 2.80. The average molecular weight is 257 g/mol. The van der Waals surface area contributed by atoms with Crippen molar-refractivity contribution in [1.29, 1.82) is 0 Å². The Morgan fingerprint density at radius 1 is 1.47 bits per heavy atom.